The predicted octanol–water partition coefficient (Wildman–Crippen LogP) is 5.12. The molecule has 7 rings (SSSR count). The second-order valence-corrected chi connectivity index (χ2v) is 13.9. The number of carbonyl (C=O) groups excluding carboxylic acids is 3. The van der Waals surface area contributed by atoms with Crippen LogP contribution < -0.4 is 10.6 Å². The molecule has 41 heavy (non-hydrogen) atoms. The number of benzene rings is 2. The second-order valence-electron chi connectivity index (χ2n) is 13.5. The molecule has 0 radical (unpaired) electrons. The van der Waals surface area contributed by atoms with Crippen LogP contribution in [0.4, 0.5) is 10.5 Å². The van der Waals surface area contributed by atoms with Gasteiger partial charge in [0.15, 0.2) is 0 Å². The second kappa shape index (κ2) is 8.95. The summed E-state index contributed by atoms with van der Waals surface area (Å²) in [6.45, 7) is 8.50. The Bertz CT molecular complexity index is 1600. The molecule has 1 spiro atoms. The van der Waals surface area contributed by atoms with Crippen molar-refractivity contribution in [1.29, 1.82) is 0 Å². The van der Waals surface area contributed by atoms with E-state index in [0.29, 0.717) is 50.5 Å². The number of aromatic amines is 1. The van der Waals surface area contributed by atoms with E-state index in [2.05, 4.69) is 41.6 Å². The van der Waals surface area contributed by atoms with Crippen LogP contribution >= 0.6 is 11.6 Å². The van der Waals surface area contributed by atoms with Crippen molar-refractivity contribution in [3.8, 4) is 0 Å². The number of halogens is 1. The number of amides is 4. The highest BCUT2D eigenvalue weighted by atomic mass is 35.5. The Morgan fingerprint density at radius 2 is 1.93 bits per heavy atom. The van der Waals surface area contributed by atoms with Crippen LogP contribution in [0.5, 0.6) is 0 Å². The fraction of sp³-hybridized carbons (Fsp3) is 0.484. The first-order valence-corrected chi connectivity index (χ1v) is 14.8. The molecule has 4 heterocycles. The number of likely N-dealkylation sites (tertiary alicyclic amines) is 1. The molecule has 2 fully saturated rings. The summed E-state index contributed by atoms with van der Waals surface area (Å²) in [5.74, 6) is 0.00379. The number of urea groups is 1. The molecule has 2 aromatic carbocycles. The van der Waals surface area contributed by atoms with Gasteiger partial charge >= 0.3 is 6.03 Å². The fourth-order valence-corrected chi connectivity index (χ4v) is 7.76. The number of hydrogen-bond acceptors (Lipinski definition) is 4. The van der Waals surface area contributed by atoms with Crippen molar-refractivity contribution in [2.24, 2.45) is 10.8 Å². The van der Waals surface area contributed by atoms with Gasteiger partial charge < -0.3 is 20.4 Å². The van der Waals surface area contributed by atoms with E-state index in [4.69, 9.17) is 11.6 Å². The Hall–Kier alpha value is -3.59. The highest BCUT2D eigenvalue weighted by molar-refractivity contribution is 6.35. The van der Waals surface area contributed by atoms with Gasteiger partial charge in [-0.25, -0.2) is 4.79 Å². The first kappa shape index (κ1) is 26.3. The molecule has 10 heteroatoms. The third-order valence-electron chi connectivity index (χ3n) is 9.49. The van der Waals surface area contributed by atoms with Crippen LogP contribution in [0.2, 0.25) is 5.02 Å². The Balaban J connectivity index is 1.16. The Kier molecular flexibility index (Phi) is 5.75. The number of rotatable bonds is 3. The highest BCUT2D eigenvalue weighted by Gasteiger charge is 2.64. The molecule has 4 amide bonds. The highest BCUT2D eigenvalue weighted by Crippen LogP contribution is 2.65. The lowest BCUT2D eigenvalue weighted by atomic mass is 9.78. The van der Waals surface area contributed by atoms with Crippen LogP contribution in [0.25, 0.3) is 10.9 Å². The van der Waals surface area contributed by atoms with Crippen molar-refractivity contribution in [2.45, 2.75) is 64.5 Å². The zero-order chi connectivity index (χ0) is 28.7. The van der Waals surface area contributed by atoms with Crippen LogP contribution in [0.3, 0.4) is 0 Å². The van der Waals surface area contributed by atoms with Gasteiger partial charge in [0.05, 0.1) is 27.7 Å². The topological polar surface area (TPSA) is 110 Å². The molecular formula is C31H35ClN6O3. The van der Waals surface area contributed by atoms with Gasteiger partial charge in [0.2, 0.25) is 11.8 Å². The molecule has 1 saturated heterocycles. The first-order chi connectivity index (χ1) is 19.5. The largest absolute Gasteiger partial charge is 0.342 e. The molecule has 1 aliphatic carbocycles. The monoisotopic (exact) mass is 574 g/mol. The molecule has 214 valence electrons. The molecule has 3 aliphatic heterocycles. The summed E-state index contributed by atoms with van der Waals surface area (Å²) in [6.07, 6.45) is 3.86. The Labute approximate surface area is 244 Å². The maximum absolute atomic E-state index is 14.3. The molecular weight excluding hydrogens is 540 g/mol. The Morgan fingerprint density at radius 3 is 2.68 bits per heavy atom. The number of para-hydroxylation sites is 1. The van der Waals surface area contributed by atoms with Crippen molar-refractivity contribution in [1.82, 2.24) is 25.3 Å². The first-order valence-electron chi connectivity index (χ1n) is 14.4. The smallest absolute Gasteiger partial charge is 0.319 e. The quantitative estimate of drug-likeness (QED) is 0.403. The number of piperidine rings is 1. The van der Waals surface area contributed by atoms with E-state index in [0.717, 1.165) is 33.3 Å². The maximum Gasteiger partial charge on any atom is 0.319 e. The van der Waals surface area contributed by atoms with E-state index in [1.54, 1.807) is 6.20 Å². The van der Waals surface area contributed by atoms with Crippen LogP contribution in [-0.4, -0.2) is 57.5 Å². The van der Waals surface area contributed by atoms with E-state index >= 15 is 0 Å². The zero-order valence-corrected chi connectivity index (χ0v) is 24.4. The molecule has 0 bridgehead atoms. The molecule has 1 aromatic heterocycles. The lowest BCUT2D eigenvalue weighted by Gasteiger charge is -2.45. The van der Waals surface area contributed by atoms with E-state index < -0.39 is 11.0 Å². The fourth-order valence-electron chi connectivity index (χ4n) is 7.50. The van der Waals surface area contributed by atoms with Crippen molar-refractivity contribution in [2.75, 3.05) is 25.0 Å². The number of aromatic nitrogens is 2. The summed E-state index contributed by atoms with van der Waals surface area (Å²) >= 11 is 6.66. The molecule has 1 unspecified atom stereocenters. The van der Waals surface area contributed by atoms with E-state index in [1.807, 2.05) is 40.1 Å². The molecule has 9 nitrogen and oxygen atoms in total. The van der Waals surface area contributed by atoms with Crippen LogP contribution in [0.1, 0.15) is 69.1 Å². The third kappa shape index (κ3) is 4.19. The summed E-state index contributed by atoms with van der Waals surface area (Å²) in [5, 5.41) is 14.8. The molecule has 3 aromatic rings. The molecule has 4 aliphatic rings. The lowest BCUT2D eigenvalue weighted by Crippen LogP contribution is -2.57. The number of carbonyl (C=O) groups is 3. The minimum absolute atomic E-state index is 0.00103. The van der Waals surface area contributed by atoms with Crippen molar-refractivity contribution < 1.29 is 14.4 Å². The summed E-state index contributed by atoms with van der Waals surface area (Å²) < 4.78 is 0. The zero-order valence-electron chi connectivity index (χ0n) is 23.6. The van der Waals surface area contributed by atoms with Crippen LogP contribution in [0, 0.1) is 10.8 Å². The average Bonchev–Trinajstić information content (AvgIpc) is 3.42. The number of H-pyrrole nitrogens is 1. The summed E-state index contributed by atoms with van der Waals surface area (Å²) in [6, 6.07) is 9.62. The average molecular weight is 575 g/mol. The summed E-state index contributed by atoms with van der Waals surface area (Å²) in [5.41, 5.74) is 3.44. The van der Waals surface area contributed by atoms with Crippen molar-refractivity contribution >= 4 is 46.0 Å². The van der Waals surface area contributed by atoms with Gasteiger partial charge in [-0.1, -0.05) is 50.6 Å². The number of nitrogens with one attached hydrogen (secondary N) is 3. The standard InChI is InChI=1S/C31H35ClN6O3/c1-29(2,3)17-38-16-20-18(12-23(32)26-19(20)15-33-36-26)22-13-30(22,27(38)40)14-25(39)37-10-8-31(9-11-37)21-6-4-5-7-24(21)34-28(41)35-31/h4-7,12,15,22H,8-11,13-14,16-17H2,1-3H3,(H,33,36)(H2,34,35,41)/t22-,30?/m1/s1. The van der Waals surface area contributed by atoms with E-state index in [1.165, 1.54) is 0 Å². The van der Waals surface area contributed by atoms with Gasteiger partial charge in [0.25, 0.3) is 0 Å². The number of hydrogen-bond donors (Lipinski definition) is 3. The normalized spacial score (nSPS) is 24.7. The SMILES string of the molecule is CC(C)(C)CN1Cc2c(cc(Cl)c3[nH]ncc23)[C@H]2CC2(CC(=O)N2CCC3(CC2)NC(=O)Nc2ccccc23)C1=O. The summed E-state index contributed by atoms with van der Waals surface area (Å²) in [4.78, 5) is 44.5. The van der Waals surface area contributed by atoms with Gasteiger partial charge in [-0.3, -0.25) is 14.7 Å². The van der Waals surface area contributed by atoms with Gasteiger partial charge in [-0.2, -0.15) is 5.10 Å². The van der Waals surface area contributed by atoms with E-state index in [9.17, 15) is 14.4 Å². The minimum Gasteiger partial charge on any atom is -0.342 e. The van der Waals surface area contributed by atoms with Crippen LogP contribution in [-0.2, 0) is 21.7 Å². The third-order valence-corrected chi connectivity index (χ3v) is 9.79. The minimum atomic E-state index is -0.765. The van der Waals surface area contributed by atoms with Crippen molar-refractivity contribution in [3.63, 3.8) is 0 Å². The lowest BCUT2D eigenvalue weighted by molar-refractivity contribution is -0.145. The molecule has 2 atom stereocenters. The van der Waals surface area contributed by atoms with Gasteiger partial charge in [0.1, 0.15) is 0 Å². The predicted molar refractivity (Wildman–Crippen MR) is 156 cm³/mol. The van der Waals surface area contributed by atoms with E-state index in [-0.39, 0.29) is 35.6 Å². The molecule has 1 saturated carbocycles. The van der Waals surface area contributed by atoms with Crippen molar-refractivity contribution in [3.05, 3.63) is 58.2 Å². The summed E-state index contributed by atoms with van der Waals surface area (Å²) in [7, 11) is 0. The number of nitrogens with zero attached hydrogens (tertiary/aromatic N) is 3. The number of anilines is 1. The van der Waals surface area contributed by atoms with Gasteiger partial charge in [-0.15, -0.1) is 0 Å². The number of fused-ring (bicyclic) bond motifs is 7. The van der Waals surface area contributed by atoms with Gasteiger partial charge in [0, 0.05) is 55.2 Å². The van der Waals surface area contributed by atoms with Crippen LogP contribution in [0.15, 0.2) is 36.5 Å². The maximum atomic E-state index is 14.3. The molecule has 3 N–H and O–H groups in total. The van der Waals surface area contributed by atoms with Gasteiger partial charge in [-0.05, 0) is 47.9 Å². The Morgan fingerprint density at radius 1 is 1.17 bits per heavy atom.